The van der Waals surface area contributed by atoms with Gasteiger partial charge in [0.05, 0.1) is 12.5 Å². The molecule has 1 saturated heterocycles. The molecule has 2 heterocycles. The first-order valence-corrected chi connectivity index (χ1v) is 12.8. The minimum Gasteiger partial charge on any atom is -0.711 e. The molecule has 37 heavy (non-hydrogen) atoms. The maximum Gasteiger partial charge on any atom is 0.330 e. The van der Waals surface area contributed by atoms with Gasteiger partial charge in [0.1, 0.15) is 18.8 Å². The van der Waals surface area contributed by atoms with Crippen molar-refractivity contribution in [1.29, 1.82) is 0 Å². The Bertz CT molecular complexity index is 1080. The first-order valence-electron chi connectivity index (χ1n) is 12.8. The van der Waals surface area contributed by atoms with Gasteiger partial charge in [-0.05, 0) is 36.8 Å². The van der Waals surface area contributed by atoms with Gasteiger partial charge >= 0.3 is 5.91 Å². The van der Waals surface area contributed by atoms with Crippen molar-refractivity contribution in [2.75, 3.05) is 18.4 Å². The standard InChI is InChI=1S/C27H33FN4O5/c28-23-12-13-25(32(36)17-23)29-26(34)24-11-6-14-31(24)27(35)22(15-20-7-4-5-8-20)16-30(19-33)37-18-21-9-2-1-3-10-21/h1-3,9-10,12-13,17,19-20,22,24H,4-8,11,14-16,18H2,(H,29,34)/t22-,24+/m1/s1. The highest BCUT2D eigenvalue weighted by Gasteiger charge is 2.40. The number of halogens is 1. The third-order valence-electron chi connectivity index (χ3n) is 7.17. The largest absolute Gasteiger partial charge is 0.711 e. The van der Waals surface area contributed by atoms with E-state index < -0.39 is 23.7 Å². The molecule has 2 aromatic rings. The average molecular weight is 513 g/mol. The number of hydroxylamine groups is 2. The van der Waals surface area contributed by atoms with Gasteiger partial charge < -0.3 is 10.1 Å². The number of benzene rings is 1. The number of amides is 3. The predicted molar refractivity (Wildman–Crippen MR) is 133 cm³/mol. The average Bonchev–Trinajstić information content (AvgIpc) is 3.60. The van der Waals surface area contributed by atoms with E-state index >= 15 is 0 Å². The van der Waals surface area contributed by atoms with Crippen LogP contribution >= 0.6 is 0 Å². The number of carbonyl (C=O) groups excluding carboxylic acids is 3. The molecular weight excluding hydrogens is 479 g/mol. The molecule has 4 rings (SSSR count). The molecule has 1 saturated carbocycles. The van der Waals surface area contributed by atoms with Gasteiger partial charge in [-0.25, -0.2) is 24.3 Å². The van der Waals surface area contributed by atoms with Crippen molar-refractivity contribution < 1.29 is 28.3 Å². The van der Waals surface area contributed by atoms with E-state index in [0.29, 0.717) is 38.1 Å². The highest BCUT2D eigenvalue weighted by Crippen LogP contribution is 2.32. The van der Waals surface area contributed by atoms with E-state index in [4.69, 9.17) is 4.84 Å². The van der Waals surface area contributed by atoms with Gasteiger partial charge in [0.2, 0.25) is 12.3 Å². The Labute approximate surface area is 215 Å². The summed E-state index contributed by atoms with van der Waals surface area (Å²) in [5.74, 6) is -1.65. The highest BCUT2D eigenvalue weighted by molar-refractivity contribution is 5.96. The number of pyridine rings is 1. The summed E-state index contributed by atoms with van der Waals surface area (Å²) in [5, 5.41) is 15.7. The van der Waals surface area contributed by atoms with Gasteiger partial charge in [-0.15, -0.1) is 0 Å². The van der Waals surface area contributed by atoms with Crippen molar-refractivity contribution in [3.05, 3.63) is 65.2 Å². The monoisotopic (exact) mass is 512 g/mol. The van der Waals surface area contributed by atoms with Crippen LogP contribution in [0.2, 0.25) is 0 Å². The van der Waals surface area contributed by atoms with Crippen LogP contribution in [0.5, 0.6) is 0 Å². The lowest BCUT2D eigenvalue weighted by molar-refractivity contribution is -0.591. The number of nitrogens with zero attached hydrogens (tertiary/aromatic N) is 3. The van der Waals surface area contributed by atoms with E-state index in [2.05, 4.69) is 5.32 Å². The fraction of sp³-hybridized carbons (Fsp3) is 0.481. The summed E-state index contributed by atoms with van der Waals surface area (Å²) in [4.78, 5) is 45.9. The van der Waals surface area contributed by atoms with E-state index in [0.717, 1.165) is 43.5 Å². The quantitative estimate of drug-likeness (QED) is 0.215. The lowest BCUT2D eigenvalue weighted by Gasteiger charge is -2.30. The molecule has 1 aromatic carbocycles. The van der Waals surface area contributed by atoms with Gasteiger partial charge in [-0.1, -0.05) is 56.0 Å². The van der Waals surface area contributed by atoms with Crippen molar-refractivity contribution in [2.45, 2.75) is 57.6 Å². The maximum atomic E-state index is 13.8. The fourth-order valence-corrected chi connectivity index (χ4v) is 5.28. The summed E-state index contributed by atoms with van der Waals surface area (Å²) in [6.45, 7) is 0.700. The number of likely N-dealkylation sites (tertiary alicyclic amines) is 1. The lowest BCUT2D eigenvalue weighted by atomic mass is 9.91. The van der Waals surface area contributed by atoms with Crippen LogP contribution in [0.4, 0.5) is 10.2 Å². The van der Waals surface area contributed by atoms with Gasteiger partial charge in [-0.2, -0.15) is 0 Å². The number of rotatable bonds is 11. The van der Waals surface area contributed by atoms with E-state index in [1.54, 1.807) is 4.90 Å². The van der Waals surface area contributed by atoms with Crippen LogP contribution in [-0.2, 0) is 25.8 Å². The fourth-order valence-electron chi connectivity index (χ4n) is 5.28. The molecule has 9 nitrogen and oxygen atoms in total. The molecule has 0 bridgehead atoms. The van der Waals surface area contributed by atoms with Gasteiger partial charge in [0.15, 0.2) is 5.82 Å². The maximum absolute atomic E-state index is 13.8. The summed E-state index contributed by atoms with van der Waals surface area (Å²) in [6.07, 6.45) is 7.34. The van der Waals surface area contributed by atoms with Crippen LogP contribution in [0.15, 0.2) is 48.7 Å². The minimum absolute atomic E-state index is 0.0923. The SMILES string of the molecule is O=CN(C[C@@H](CC1CCCC1)C(=O)N1CCC[C@H]1C(=O)Nc1ccc(F)c[n+]1[O-])OCc1ccccc1. The number of aromatic nitrogens is 1. The molecule has 1 aromatic heterocycles. The predicted octanol–water partition coefficient (Wildman–Crippen LogP) is 3.18. The third-order valence-corrected chi connectivity index (χ3v) is 7.17. The molecule has 3 amide bonds. The van der Waals surface area contributed by atoms with E-state index in [1.807, 2.05) is 30.3 Å². The van der Waals surface area contributed by atoms with Crippen LogP contribution in [-0.4, -0.2) is 47.3 Å². The molecule has 198 valence electrons. The Balaban J connectivity index is 1.45. The second-order valence-corrected chi connectivity index (χ2v) is 9.78. The molecule has 2 atom stereocenters. The van der Waals surface area contributed by atoms with Gasteiger partial charge in [-0.3, -0.25) is 14.4 Å². The topological polar surface area (TPSA) is 106 Å². The van der Waals surface area contributed by atoms with Crippen molar-refractivity contribution >= 4 is 24.0 Å². The summed E-state index contributed by atoms with van der Waals surface area (Å²) >= 11 is 0. The Morgan fingerprint density at radius 3 is 2.62 bits per heavy atom. The highest BCUT2D eigenvalue weighted by atomic mass is 19.1. The first-order chi connectivity index (χ1) is 17.9. The molecule has 0 radical (unpaired) electrons. The van der Waals surface area contributed by atoms with Crippen LogP contribution < -0.4 is 10.0 Å². The lowest BCUT2D eigenvalue weighted by Crippen LogP contribution is -2.49. The Hall–Kier alpha value is -3.53. The van der Waals surface area contributed by atoms with Crippen molar-refractivity contribution in [2.24, 2.45) is 11.8 Å². The molecular formula is C27H33FN4O5. The van der Waals surface area contributed by atoms with Gasteiger partial charge in [0, 0.05) is 12.6 Å². The Morgan fingerprint density at radius 1 is 1.16 bits per heavy atom. The van der Waals surface area contributed by atoms with Crippen molar-refractivity contribution in [1.82, 2.24) is 9.96 Å². The zero-order chi connectivity index (χ0) is 26.2. The molecule has 2 aliphatic rings. The minimum atomic E-state index is -0.751. The third kappa shape index (κ3) is 7.03. The van der Waals surface area contributed by atoms with E-state index in [9.17, 15) is 24.0 Å². The number of anilines is 1. The molecule has 1 aliphatic carbocycles. The molecule has 1 N–H and O–H groups in total. The molecule has 2 fully saturated rings. The van der Waals surface area contributed by atoms with Crippen LogP contribution in [0.25, 0.3) is 0 Å². The molecule has 0 unspecified atom stereocenters. The summed E-state index contributed by atoms with van der Waals surface area (Å²) in [7, 11) is 0. The van der Waals surface area contributed by atoms with Crippen molar-refractivity contribution in [3.63, 3.8) is 0 Å². The Morgan fingerprint density at radius 2 is 1.92 bits per heavy atom. The Kier molecular flexibility index (Phi) is 9.05. The van der Waals surface area contributed by atoms with Crippen LogP contribution in [0.3, 0.4) is 0 Å². The molecule has 1 aliphatic heterocycles. The smallest absolute Gasteiger partial charge is 0.330 e. The number of hydrogen-bond acceptors (Lipinski definition) is 5. The number of nitrogens with one attached hydrogen (secondary N) is 1. The zero-order valence-electron chi connectivity index (χ0n) is 20.8. The molecule has 0 spiro atoms. The van der Waals surface area contributed by atoms with Crippen LogP contribution in [0.1, 0.15) is 50.5 Å². The summed E-state index contributed by atoms with van der Waals surface area (Å²) in [6, 6.07) is 11.0. The van der Waals surface area contributed by atoms with E-state index in [1.165, 1.54) is 11.1 Å². The van der Waals surface area contributed by atoms with Crippen LogP contribution in [0, 0.1) is 22.9 Å². The van der Waals surface area contributed by atoms with E-state index in [-0.39, 0.29) is 29.6 Å². The zero-order valence-corrected chi connectivity index (χ0v) is 20.8. The van der Waals surface area contributed by atoms with Gasteiger partial charge in [0.25, 0.3) is 5.82 Å². The molecule has 10 heteroatoms. The van der Waals surface area contributed by atoms with Crippen molar-refractivity contribution in [3.8, 4) is 0 Å². The second kappa shape index (κ2) is 12.6. The number of hydrogen-bond donors (Lipinski definition) is 1. The number of carbonyl (C=O) groups is 3. The first kappa shape index (κ1) is 26.5. The summed E-state index contributed by atoms with van der Waals surface area (Å²) < 4.78 is 13.5. The summed E-state index contributed by atoms with van der Waals surface area (Å²) in [5.41, 5.74) is 0.903. The normalized spacial score (nSPS) is 18.5. The second-order valence-electron chi connectivity index (χ2n) is 9.78.